The van der Waals surface area contributed by atoms with Gasteiger partial charge in [-0.1, -0.05) is 12.1 Å². The Morgan fingerprint density at radius 1 is 1.17 bits per heavy atom. The molecule has 1 aliphatic heterocycles. The van der Waals surface area contributed by atoms with Crippen molar-refractivity contribution >= 4 is 24.1 Å². The minimum absolute atomic E-state index is 0. The fourth-order valence-corrected chi connectivity index (χ4v) is 2.86. The smallest absolute Gasteiger partial charge is 0.251 e. The van der Waals surface area contributed by atoms with Crippen LogP contribution in [0.5, 0.6) is 0 Å². The number of halogens is 1. The Labute approximate surface area is 143 Å². The summed E-state index contributed by atoms with van der Waals surface area (Å²) >= 11 is 0. The molecule has 0 aromatic heterocycles. The van der Waals surface area contributed by atoms with Crippen molar-refractivity contribution in [3.8, 4) is 0 Å². The van der Waals surface area contributed by atoms with Gasteiger partial charge in [-0.25, -0.2) is 0 Å². The molecule has 1 fully saturated rings. The molecule has 1 aromatic rings. The number of ketones is 1. The zero-order valence-corrected chi connectivity index (χ0v) is 14.5. The van der Waals surface area contributed by atoms with E-state index in [0.29, 0.717) is 24.3 Å². The number of Topliss-reactive ketones (excluding diaryl/α,β-unsaturated/α-hetero) is 1. The van der Waals surface area contributed by atoms with Crippen LogP contribution in [0.25, 0.3) is 0 Å². The van der Waals surface area contributed by atoms with E-state index in [1.165, 1.54) is 6.92 Å². The third-order valence-corrected chi connectivity index (χ3v) is 4.29. The summed E-state index contributed by atoms with van der Waals surface area (Å²) in [6.45, 7) is 4.67. The van der Waals surface area contributed by atoms with Crippen molar-refractivity contribution in [2.45, 2.75) is 19.8 Å². The van der Waals surface area contributed by atoms with Crippen LogP contribution in [0.15, 0.2) is 24.3 Å². The third kappa shape index (κ3) is 5.30. The van der Waals surface area contributed by atoms with Gasteiger partial charge in [0.1, 0.15) is 0 Å². The Balaban J connectivity index is 0.00000264. The molecule has 0 spiro atoms. The largest absolute Gasteiger partial charge is 0.384 e. The number of piperidine rings is 1. The number of carbonyl (C=O) groups is 2. The first-order valence-electron chi connectivity index (χ1n) is 7.65. The predicted octanol–water partition coefficient (Wildman–Crippen LogP) is 2.06. The van der Waals surface area contributed by atoms with Crippen LogP contribution in [-0.2, 0) is 4.74 Å². The average Bonchev–Trinajstić information content (AvgIpc) is 2.54. The molecule has 0 radical (unpaired) electrons. The molecule has 0 atom stereocenters. The normalized spacial score (nSPS) is 16.3. The quantitative estimate of drug-likeness (QED) is 0.778. The minimum Gasteiger partial charge on any atom is -0.384 e. The van der Waals surface area contributed by atoms with Crippen molar-refractivity contribution in [3.63, 3.8) is 0 Å². The van der Waals surface area contributed by atoms with Gasteiger partial charge in [0.05, 0.1) is 6.61 Å². The lowest BCUT2D eigenvalue weighted by atomic mass is 9.79. The van der Waals surface area contributed by atoms with Crippen LogP contribution < -0.4 is 10.6 Å². The molecule has 1 aliphatic rings. The van der Waals surface area contributed by atoms with Gasteiger partial charge in [-0.2, -0.15) is 0 Å². The first-order chi connectivity index (χ1) is 10.6. The van der Waals surface area contributed by atoms with Gasteiger partial charge in [-0.15, -0.1) is 12.4 Å². The molecular formula is C17H25ClN2O3. The second kappa shape index (κ2) is 9.01. The van der Waals surface area contributed by atoms with Gasteiger partial charge >= 0.3 is 0 Å². The Hall–Kier alpha value is -1.43. The van der Waals surface area contributed by atoms with E-state index in [9.17, 15) is 9.59 Å². The van der Waals surface area contributed by atoms with Gasteiger partial charge in [0, 0.05) is 30.2 Å². The monoisotopic (exact) mass is 340 g/mol. The number of methoxy groups -OCH3 is 1. The Bertz CT molecular complexity index is 520. The molecule has 1 amide bonds. The van der Waals surface area contributed by atoms with Crippen LogP contribution in [0, 0.1) is 5.41 Å². The predicted molar refractivity (Wildman–Crippen MR) is 92.4 cm³/mol. The number of nitrogens with one attached hydrogen (secondary N) is 2. The highest BCUT2D eigenvalue weighted by atomic mass is 35.5. The topological polar surface area (TPSA) is 67.4 Å². The fraction of sp³-hybridized carbons (Fsp3) is 0.529. The molecule has 5 nitrogen and oxygen atoms in total. The van der Waals surface area contributed by atoms with E-state index in [1.807, 2.05) is 0 Å². The summed E-state index contributed by atoms with van der Waals surface area (Å²) in [5.74, 6) is -0.107. The lowest BCUT2D eigenvalue weighted by molar-refractivity contribution is 0.0511. The van der Waals surface area contributed by atoms with Gasteiger partial charge in [-0.3, -0.25) is 9.59 Å². The van der Waals surface area contributed by atoms with Gasteiger partial charge in [-0.05, 0) is 45.0 Å². The van der Waals surface area contributed by atoms with Gasteiger partial charge in [0.25, 0.3) is 5.91 Å². The highest BCUT2D eigenvalue weighted by Crippen LogP contribution is 2.28. The van der Waals surface area contributed by atoms with Crippen molar-refractivity contribution < 1.29 is 14.3 Å². The molecule has 23 heavy (non-hydrogen) atoms. The highest BCUT2D eigenvalue weighted by Gasteiger charge is 2.32. The van der Waals surface area contributed by atoms with E-state index >= 15 is 0 Å². The van der Waals surface area contributed by atoms with E-state index in [-0.39, 0.29) is 29.5 Å². The standard InChI is InChI=1S/C17H24N2O3.ClH/c1-13(20)14-3-5-15(6-4-14)16(21)19-11-17(12-22-2)7-9-18-10-8-17;/h3-6,18H,7-12H2,1-2H3,(H,19,21);1H. The Morgan fingerprint density at radius 2 is 1.74 bits per heavy atom. The molecule has 2 N–H and O–H groups in total. The van der Waals surface area contributed by atoms with E-state index in [4.69, 9.17) is 4.74 Å². The maximum Gasteiger partial charge on any atom is 0.251 e. The number of benzene rings is 1. The van der Waals surface area contributed by atoms with Crippen LogP contribution in [0.4, 0.5) is 0 Å². The second-order valence-corrected chi connectivity index (χ2v) is 6.00. The first-order valence-corrected chi connectivity index (χ1v) is 7.65. The zero-order valence-electron chi connectivity index (χ0n) is 13.7. The molecule has 1 aromatic carbocycles. The summed E-state index contributed by atoms with van der Waals surface area (Å²) in [4.78, 5) is 23.5. The van der Waals surface area contributed by atoms with Gasteiger partial charge in [0.15, 0.2) is 5.78 Å². The Kier molecular flexibility index (Phi) is 7.68. The maximum absolute atomic E-state index is 12.3. The summed E-state index contributed by atoms with van der Waals surface area (Å²) in [7, 11) is 1.70. The first kappa shape index (κ1) is 19.6. The fourth-order valence-electron chi connectivity index (χ4n) is 2.86. The number of ether oxygens (including phenoxy) is 1. The Morgan fingerprint density at radius 3 is 2.26 bits per heavy atom. The molecule has 1 saturated heterocycles. The van der Waals surface area contributed by atoms with Crippen LogP contribution in [0.2, 0.25) is 0 Å². The van der Waals surface area contributed by atoms with E-state index in [1.54, 1.807) is 31.4 Å². The molecule has 6 heteroatoms. The summed E-state index contributed by atoms with van der Waals surface area (Å²) in [6.07, 6.45) is 1.98. The van der Waals surface area contributed by atoms with Gasteiger partial charge in [0.2, 0.25) is 0 Å². The second-order valence-electron chi connectivity index (χ2n) is 6.00. The van der Waals surface area contributed by atoms with Crippen molar-refractivity contribution in [1.29, 1.82) is 0 Å². The number of amides is 1. The molecule has 1 heterocycles. The SMILES string of the molecule is COCC1(CNC(=O)c2ccc(C(C)=O)cc2)CCNCC1.Cl. The van der Waals surface area contributed by atoms with E-state index in [2.05, 4.69) is 10.6 Å². The van der Waals surface area contributed by atoms with Crippen molar-refractivity contribution in [2.75, 3.05) is 33.4 Å². The molecule has 0 saturated carbocycles. The summed E-state index contributed by atoms with van der Waals surface area (Å²) in [5, 5.41) is 6.35. The van der Waals surface area contributed by atoms with Crippen LogP contribution in [0.3, 0.4) is 0 Å². The molecule has 0 unspecified atom stereocenters. The minimum atomic E-state index is -0.107. The van der Waals surface area contributed by atoms with Crippen LogP contribution in [-0.4, -0.2) is 45.0 Å². The van der Waals surface area contributed by atoms with Crippen molar-refractivity contribution in [1.82, 2.24) is 10.6 Å². The van der Waals surface area contributed by atoms with Gasteiger partial charge < -0.3 is 15.4 Å². The van der Waals surface area contributed by atoms with E-state index < -0.39 is 0 Å². The number of hydrogen-bond acceptors (Lipinski definition) is 4. The van der Waals surface area contributed by atoms with Crippen LogP contribution in [0.1, 0.15) is 40.5 Å². The molecule has 0 bridgehead atoms. The van der Waals surface area contributed by atoms with Crippen LogP contribution >= 0.6 is 12.4 Å². The number of rotatable bonds is 6. The maximum atomic E-state index is 12.3. The van der Waals surface area contributed by atoms with E-state index in [0.717, 1.165) is 25.9 Å². The lowest BCUT2D eigenvalue weighted by Gasteiger charge is -2.37. The van der Waals surface area contributed by atoms with Crippen molar-refractivity contribution in [3.05, 3.63) is 35.4 Å². The summed E-state index contributed by atoms with van der Waals surface area (Å²) in [6, 6.07) is 6.76. The average molecular weight is 341 g/mol. The molecule has 0 aliphatic carbocycles. The molecular weight excluding hydrogens is 316 g/mol. The molecule has 128 valence electrons. The summed E-state index contributed by atoms with van der Waals surface area (Å²) < 4.78 is 5.35. The number of hydrogen-bond donors (Lipinski definition) is 2. The zero-order chi connectivity index (χ0) is 16.0. The molecule has 2 rings (SSSR count). The highest BCUT2D eigenvalue weighted by molar-refractivity contribution is 5.97. The number of carbonyl (C=O) groups excluding carboxylic acids is 2. The van der Waals surface area contributed by atoms with Crippen molar-refractivity contribution in [2.24, 2.45) is 5.41 Å². The summed E-state index contributed by atoms with van der Waals surface area (Å²) in [5.41, 5.74) is 1.20. The third-order valence-electron chi connectivity index (χ3n) is 4.29. The lowest BCUT2D eigenvalue weighted by Crippen LogP contribution is -2.47.